The van der Waals surface area contributed by atoms with Crippen molar-refractivity contribution < 1.29 is 4.39 Å². The van der Waals surface area contributed by atoms with Crippen molar-refractivity contribution >= 4 is 32.7 Å². The summed E-state index contributed by atoms with van der Waals surface area (Å²) in [4.78, 5) is 8.45. The van der Waals surface area contributed by atoms with E-state index in [1.807, 2.05) is 24.3 Å². The zero-order valence-electron chi connectivity index (χ0n) is 10.5. The van der Waals surface area contributed by atoms with E-state index in [1.165, 1.54) is 18.5 Å². The molecule has 0 unspecified atom stereocenters. The van der Waals surface area contributed by atoms with Gasteiger partial charge in [0.25, 0.3) is 0 Å². The molecule has 0 bridgehead atoms. The van der Waals surface area contributed by atoms with Gasteiger partial charge >= 0.3 is 0 Å². The average Bonchev–Trinajstić information content (AvgIpc) is 2.48. The molecule has 0 saturated carbocycles. The monoisotopic (exact) mass is 331 g/mol. The lowest BCUT2D eigenvalue weighted by Gasteiger charge is -2.09. The lowest BCUT2D eigenvalue weighted by Crippen LogP contribution is -2.03. The number of aromatic nitrogens is 2. The number of para-hydroxylation sites is 1. The van der Waals surface area contributed by atoms with E-state index in [0.717, 1.165) is 26.8 Å². The van der Waals surface area contributed by atoms with Crippen LogP contribution in [0.3, 0.4) is 0 Å². The van der Waals surface area contributed by atoms with Crippen LogP contribution >= 0.6 is 15.9 Å². The molecule has 0 amide bonds. The Hall–Kier alpha value is -2.01. The lowest BCUT2D eigenvalue weighted by atomic mass is 10.2. The smallest absolute Gasteiger partial charge is 0.137 e. The Kier molecular flexibility index (Phi) is 3.60. The zero-order chi connectivity index (χ0) is 13.9. The van der Waals surface area contributed by atoms with Crippen molar-refractivity contribution in [2.75, 3.05) is 5.32 Å². The number of anilines is 1. The van der Waals surface area contributed by atoms with E-state index in [9.17, 15) is 4.39 Å². The lowest BCUT2D eigenvalue weighted by molar-refractivity contribution is 0.625. The minimum atomic E-state index is -0.252. The Bertz CT molecular complexity index is 756. The van der Waals surface area contributed by atoms with Crippen LogP contribution in [0, 0.1) is 5.82 Å². The molecule has 3 nitrogen and oxygen atoms in total. The second-order valence-electron chi connectivity index (χ2n) is 4.33. The predicted molar refractivity (Wildman–Crippen MR) is 81.0 cm³/mol. The summed E-state index contributed by atoms with van der Waals surface area (Å²) in [6.45, 7) is 0.485. The van der Waals surface area contributed by atoms with Crippen LogP contribution in [0.15, 0.2) is 53.3 Å². The maximum Gasteiger partial charge on any atom is 0.137 e. The maximum absolute atomic E-state index is 13.3. The number of benzene rings is 2. The molecule has 0 fully saturated rings. The van der Waals surface area contributed by atoms with Crippen molar-refractivity contribution in [3.05, 3.63) is 64.6 Å². The highest BCUT2D eigenvalue weighted by Gasteiger charge is 2.05. The summed E-state index contributed by atoms with van der Waals surface area (Å²) < 4.78 is 14.1. The minimum absolute atomic E-state index is 0.252. The zero-order valence-corrected chi connectivity index (χ0v) is 12.1. The third kappa shape index (κ3) is 2.63. The SMILES string of the molecule is Fc1ccc(Br)c(CNc2ncnc3ccccc23)c1. The molecule has 0 aliphatic heterocycles. The summed E-state index contributed by atoms with van der Waals surface area (Å²) in [5, 5.41) is 4.17. The van der Waals surface area contributed by atoms with Gasteiger partial charge in [0.1, 0.15) is 18.0 Å². The number of nitrogens with one attached hydrogen (secondary N) is 1. The fourth-order valence-electron chi connectivity index (χ4n) is 2.00. The van der Waals surface area contributed by atoms with Crippen LogP contribution in [0.5, 0.6) is 0 Å². The molecular formula is C15H11BrFN3. The first-order chi connectivity index (χ1) is 9.74. The molecule has 1 N–H and O–H groups in total. The third-order valence-electron chi connectivity index (χ3n) is 3.00. The van der Waals surface area contributed by atoms with E-state index in [4.69, 9.17) is 0 Å². The Balaban J connectivity index is 1.89. The van der Waals surface area contributed by atoms with Crippen LogP contribution in [-0.4, -0.2) is 9.97 Å². The number of hydrogen-bond acceptors (Lipinski definition) is 3. The topological polar surface area (TPSA) is 37.8 Å². The minimum Gasteiger partial charge on any atom is -0.365 e. The van der Waals surface area contributed by atoms with E-state index in [1.54, 1.807) is 6.07 Å². The molecule has 0 aliphatic carbocycles. The second kappa shape index (κ2) is 5.54. The molecule has 3 aromatic rings. The van der Waals surface area contributed by atoms with E-state index < -0.39 is 0 Å². The summed E-state index contributed by atoms with van der Waals surface area (Å²) in [6, 6.07) is 12.4. The Morgan fingerprint density at radius 1 is 1.10 bits per heavy atom. The molecule has 100 valence electrons. The quantitative estimate of drug-likeness (QED) is 0.783. The van der Waals surface area contributed by atoms with E-state index in [-0.39, 0.29) is 5.82 Å². The van der Waals surface area contributed by atoms with Gasteiger partial charge in [0.15, 0.2) is 0 Å². The molecule has 3 rings (SSSR count). The molecular weight excluding hydrogens is 321 g/mol. The first kappa shape index (κ1) is 13.0. The van der Waals surface area contributed by atoms with E-state index >= 15 is 0 Å². The maximum atomic E-state index is 13.3. The normalized spacial score (nSPS) is 10.7. The first-order valence-electron chi connectivity index (χ1n) is 6.11. The van der Waals surface area contributed by atoms with Gasteiger partial charge in [-0.3, -0.25) is 0 Å². The average molecular weight is 332 g/mol. The number of halogens is 2. The number of fused-ring (bicyclic) bond motifs is 1. The largest absolute Gasteiger partial charge is 0.365 e. The molecule has 0 aliphatic rings. The van der Waals surface area contributed by atoms with Gasteiger partial charge in [0.05, 0.1) is 5.52 Å². The first-order valence-corrected chi connectivity index (χ1v) is 6.91. The van der Waals surface area contributed by atoms with Crippen molar-refractivity contribution in [1.29, 1.82) is 0 Å². The Morgan fingerprint density at radius 3 is 2.85 bits per heavy atom. The van der Waals surface area contributed by atoms with Crippen LogP contribution in [0.2, 0.25) is 0 Å². The van der Waals surface area contributed by atoms with Gasteiger partial charge in [-0.25, -0.2) is 14.4 Å². The molecule has 1 heterocycles. The predicted octanol–water partition coefficient (Wildman–Crippen LogP) is 4.14. The molecule has 5 heteroatoms. The summed E-state index contributed by atoms with van der Waals surface area (Å²) in [7, 11) is 0. The Morgan fingerprint density at radius 2 is 1.95 bits per heavy atom. The summed E-state index contributed by atoms with van der Waals surface area (Å²) >= 11 is 3.41. The van der Waals surface area contributed by atoms with Crippen LogP contribution in [0.4, 0.5) is 10.2 Å². The highest BCUT2D eigenvalue weighted by atomic mass is 79.9. The summed E-state index contributed by atoms with van der Waals surface area (Å²) in [5.74, 6) is 0.490. The highest BCUT2D eigenvalue weighted by molar-refractivity contribution is 9.10. The van der Waals surface area contributed by atoms with Crippen LogP contribution in [-0.2, 0) is 6.54 Å². The van der Waals surface area contributed by atoms with Gasteiger partial charge in [-0.2, -0.15) is 0 Å². The third-order valence-corrected chi connectivity index (χ3v) is 3.77. The van der Waals surface area contributed by atoms with Gasteiger partial charge in [-0.1, -0.05) is 28.1 Å². The molecule has 0 radical (unpaired) electrons. The highest BCUT2D eigenvalue weighted by Crippen LogP contribution is 2.22. The number of hydrogen-bond donors (Lipinski definition) is 1. The molecule has 0 atom stereocenters. The standard InChI is InChI=1S/C15H11BrFN3/c16-13-6-5-11(17)7-10(13)8-18-15-12-3-1-2-4-14(12)19-9-20-15/h1-7,9H,8H2,(H,18,19,20). The van der Waals surface area contributed by atoms with Crippen molar-refractivity contribution in [2.24, 2.45) is 0 Å². The van der Waals surface area contributed by atoms with Crippen molar-refractivity contribution in [3.63, 3.8) is 0 Å². The number of rotatable bonds is 3. The van der Waals surface area contributed by atoms with Crippen molar-refractivity contribution in [2.45, 2.75) is 6.54 Å². The van der Waals surface area contributed by atoms with Gasteiger partial charge in [0, 0.05) is 16.4 Å². The summed E-state index contributed by atoms with van der Waals surface area (Å²) in [5.41, 5.74) is 1.72. The Labute approximate surface area is 124 Å². The molecule has 2 aromatic carbocycles. The number of nitrogens with zero attached hydrogens (tertiary/aromatic N) is 2. The molecule has 0 spiro atoms. The summed E-state index contributed by atoms with van der Waals surface area (Å²) in [6.07, 6.45) is 1.52. The van der Waals surface area contributed by atoms with Crippen LogP contribution in [0.25, 0.3) is 10.9 Å². The van der Waals surface area contributed by atoms with Crippen LogP contribution in [0.1, 0.15) is 5.56 Å². The van der Waals surface area contributed by atoms with Crippen molar-refractivity contribution in [1.82, 2.24) is 9.97 Å². The fraction of sp³-hybridized carbons (Fsp3) is 0.0667. The van der Waals surface area contributed by atoms with Gasteiger partial charge in [0.2, 0.25) is 0 Å². The van der Waals surface area contributed by atoms with E-state index in [2.05, 4.69) is 31.2 Å². The van der Waals surface area contributed by atoms with Crippen molar-refractivity contribution in [3.8, 4) is 0 Å². The molecule has 0 saturated heterocycles. The van der Waals surface area contributed by atoms with E-state index in [0.29, 0.717) is 6.54 Å². The van der Waals surface area contributed by atoms with Gasteiger partial charge in [-0.05, 0) is 35.9 Å². The van der Waals surface area contributed by atoms with Gasteiger partial charge < -0.3 is 5.32 Å². The molecule has 1 aromatic heterocycles. The molecule has 20 heavy (non-hydrogen) atoms. The van der Waals surface area contributed by atoms with Crippen LogP contribution < -0.4 is 5.32 Å². The van der Waals surface area contributed by atoms with Gasteiger partial charge in [-0.15, -0.1) is 0 Å². The fourth-order valence-corrected chi connectivity index (χ4v) is 2.39. The second-order valence-corrected chi connectivity index (χ2v) is 5.18.